The summed E-state index contributed by atoms with van der Waals surface area (Å²) >= 11 is 0. The molecule has 2 aliphatic rings. The number of benzene rings is 1. The number of nitrogens with zero attached hydrogens (tertiary/aromatic N) is 2. The number of hydrogen-bond acceptors (Lipinski definition) is 2. The molecule has 148 valence electrons. The first-order chi connectivity index (χ1) is 15.2. The Morgan fingerprint density at radius 1 is 0.581 bits per heavy atom. The number of nitrogens with one attached hydrogen (secondary N) is 2. The number of hydrogen-bond donors (Lipinski definition) is 2. The van der Waals surface area contributed by atoms with Gasteiger partial charge >= 0.3 is 0 Å². The molecule has 0 aliphatic carbocycles. The molecular weight excluding hydrogens is 380 g/mol. The fraction of sp³-hybridized carbons (Fsp3) is 0.0370. The largest absolute Gasteiger partial charge is 0.355 e. The molecule has 6 rings (SSSR count). The zero-order chi connectivity index (χ0) is 20.8. The third kappa shape index (κ3) is 3.38. The van der Waals surface area contributed by atoms with Crippen LogP contribution in [-0.2, 0) is 0 Å². The SMILES string of the molecule is Cc1ccc(-c2c3nc(cc4ccc(cc5nc(cc6ccc2[nH]6)C=C5)[nH]4)C=C3)cc1. The van der Waals surface area contributed by atoms with Crippen LogP contribution in [0.15, 0.2) is 66.7 Å². The minimum absolute atomic E-state index is 0.923. The highest BCUT2D eigenvalue weighted by atomic mass is 14.8. The van der Waals surface area contributed by atoms with E-state index in [4.69, 9.17) is 9.97 Å². The van der Waals surface area contributed by atoms with E-state index in [-0.39, 0.29) is 0 Å². The molecule has 0 unspecified atom stereocenters. The highest BCUT2D eigenvalue weighted by Gasteiger charge is 2.10. The molecule has 3 aromatic heterocycles. The van der Waals surface area contributed by atoms with Crippen molar-refractivity contribution in [3.63, 3.8) is 0 Å². The number of aromatic amines is 2. The molecule has 4 heteroatoms. The van der Waals surface area contributed by atoms with Crippen LogP contribution in [0.2, 0.25) is 0 Å². The van der Waals surface area contributed by atoms with Crippen molar-refractivity contribution in [2.75, 3.05) is 0 Å². The Balaban J connectivity index is 1.71. The van der Waals surface area contributed by atoms with Crippen molar-refractivity contribution in [1.82, 2.24) is 19.9 Å². The zero-order valence-corrected chi connectivity index (χ0v) is 17.1. The monoisotopic (exact) mass is 400 g/mol. The summed E-state index contributed by atoms with van der Waals surface area (Å²) in [6.45, 7) is 2.10. The molecular formula is C27H20N4. The molecule has 8 bridgehead atoms. The van der Waals surface area contributed by atoms with Gasteiger partial charge in [0.25, 0.3) is 0 Å². The second kappa shape index (κ2) is 6.96. The fourth-order valence-electron chi connectivity index (χ4n) is 4.03. The van der Waals surface area contributed by atoms with Crippen LogP contribution in [0.4, 0.5) is 0 Å². The Bertz CT molecular complexity index is 1530. The lowest BCUT2D eigenvalue weighted by Gasteiger charge is -2.04. The van der Waals surface area contributed by atoms with E-state index in [2.05, 4.69) is 89.7 Å². The molecule has 5 heterocycles. The minimum Gasteiger partial charge on any atom is -0.355 e. The average molecular weight is 400 g/mol. The van der Waals surface area contributed by atoms with E-state index in [0.29, 0.717) is 0 Å². The van der Waals surface area contributed by atoms with Gasteiger partial charge in [0.2, 0.25) is 0 Å². The van der Waals surface area contributed by atoms with E-state index < -0.39 is 0 Å². The second-order valence-corrected chi connectivity index (χ2v) is 7.92. The molecule has 0 saturated carbocycles. The molecule has 0 atom stereocenters. The molecule has 1 aromatic carbocycles. The molecule has 0 saturated heterocycles. The predicted octanol–water partition coefficient (Wildman–Crippen LogP) is 6.63. The summed E-state index contributed by atoms with van der Waals surface area (Å²) in [4.78, 5) is 16.6. The van der Waals surface area contributed by atoms with Crippen molar-refractivity contribution < 1.29 is 0 Å². The lowest BCUT2D eigenvalue weighted by molar-refractivity contribution is 1.31. The van der Waals surface area contributed by atoms with Crippen LogP contribution in [0.25, 0.3) is 57.5 Å². The maximum absolute atomic E-state index is 4.93. The first kappa shape index (κ1) is 17.7. The summed E-state index contributed by atoms with van der Waals surface area (Å²) in [6, 6.07) is 23.1. The summed E-state index contributed by atoms with van der Waals surface area (Å²) in [5.41, 5.74) is 11.3. The molecule has 31 heavy (non-hydrogen) atoms. The normalized spacial score (nSPS) is 12.4. The van der Waals surface area contributed by atoms with E-state index in [1.165, 1.54) is 5.56 Å². The van der Waals surface area contributed by atoms with E-state index in [1.54, 1.807) is 0 Å². The summed E-state index contributed by atoms with van der Waals surface area (Å²) in [5.74, 6) is 0. The van der Waals surface area contributed by atoms with E-state index in [9.17, 15) is 0 Å². The van der Waals surface area contributed by atoms with Gasteiger partial charge in [-0.2, -0.15) is 0 Å². The van der Waals surface area contributed by atoms with Gasteiger partial charge in [-0.3, -0.25) is 0 Å². The molecule has 4 aromatic rings. The van der Waals surface area contributed by atoms with E-state index in [0.717, 1.165) is 56.0 Å². The number of H-pyrrole nitrogens is 2. The maximum Gasteiger partial charge on any atom is 0.0736 e. The van der Waals surface area contributed by atoms with Crippen molar-refractivity contribution in [2.45, 2.75) is 6.92 Å². The van der Waals surface area contributed by atoms with Crippen LogP contribution < -0.4 is 0 Å². The Morgan fingerprint density at radius 2 is 1.16 bits per heavy atom. The second-order valence-electron chi connectivity index (χ2n) is 7.92. The van der Waals surface area contributed by atoms with Gasteiger partial charge in [-0.1, -0.05) is 29.8 Å². The third-order valence-corrected chi connectivity index (χ3v) is 5.56. The summed E-state index contributed by atoms with van der Waals surface area (Å²) in [6.07, 6.45) is 8.22. The van der Waals surface area contributed by atoms with Gasteiger partial charge in [-0.25, -0.2) is 9.97 Å². The van der Waals surface area contributed by atoms with Crippen LogP contribution in [0, 0.1) is 6.92 Å². The number of rotatable bonds is 1. The Kier molecular flexibility index (Phi) is 3.96. The topological polar surface area (TPSA) is 57.4 Å². The molecule has 0 fully saturated rings. The Labute approximate surface area is 179 Å². The molecule has 0 radical (unpaired) electrons. The molecule has 0 amide bonds. The van der Waals surface area contributed by atoms with Crippen molar-refractivity contribution in [3.05, 3.63) is 95.1 Å². The lowest BCUT2D eigenvalue weighted by atomic mass is 10.0. The van der Waals surface area contributed by atoms with Gasteiger partial charge in [0.05, 0.1) is 22.8 Å². The van der Waals surface area contributed by atoms with Gasteiger partial charge in [-0.15, -0.1) is 0 Å². The van der Waals surface area contributed by atoms with Crippen molar-refractivity contribution >= 4 is 46.4 Å². The van der Waals surface area contributed by atoms with Crippen LogP contribution in [0.5, 0.6) is 0 Å². The lowest BCUT2D eigenvalue weighted by Crippen LogP contribution is -1.85. The summed E-state index contributed by atoms with van der Waals surface area (Å²) < 4.78 is 0. The number of fused-ring (bicyclic) bond motifs is 8. The van der Waals surface area contributed by atoms with Gasteiger partial charge in [0.15, 0.2) is 0 Å². The average Bonchev–Trinajstić information content (AvgIpc) is 3.55. The first-order valence-electron chi connectivity index (χ1n) is 10.3. The highest BCUT2D eigenvalue weighted by molar-refractivity contribution is 5.91. The Hall–Kier alpha value is -4.18. The highest BCUT2D eigenvalue weighted by Crippen LogP contribution is 2.30. The predicted molar refractivity (Wildman–Crippen MR) is 129 cm³/mol. The van der Waals surface area contributed by atoms with Gasteiger partial charge in [-0.05, 0) is 79.3 Å². The van der Waals surface area contributed by atoms with Crippen LogP contribution in [-0.4, -0.2) is 19.9 Å². The summed E-state index contributed by atoms with van der Waals surface area (Å²) in [7, 11) is 0. The van der Waals surface area contributed by atoms with Crippen molar-refractivity contribution in [1.29, 1.82) is 0 Å². The smallest absolute Gasteiger partial charge is 0.0736 e. The van der Waals surface area contributed by atoms with Crippen LogP contribution in [0.1, 0.15) is 28.3 Å². The van der Waals surface area contributed by atoms with Gasteiger partial charge in [0.1, 0.15) is 0 Å². The number of aromatic nitrogens is 4. The van der Waals surface area contributed by atoms with E-state index >= 15 is 0 Å². The van der Waals surface area contributed by atoms with Crippen molar-refractivity contribution in [2.24, 2.45) is 0 Å². The van der Waals surface area contributed by atoms with Gasteiger partial charge < -0.3 is 9.97 Å². The van der Waals surface area contributed by atoms with Crippen LogP contribution >= 0.6 is 0 Å². The third-order valence-electron chi connectivity index (χ3n) is 5.56. The fourth-order valence-corrected chi connectivity index (χ4v) is 4.03. The molecule has 4 nitrogen and oxygen atoms in total. The standard InChI is InChI=1S/C27H20N4/c1-17-2-4-18(5-3-17)27-25-12-10-23(30-25)15-21-8-6-19(28-21)14-20-7-9-22(29-20)16-24-11-13-26(27)31-24/h2-16,28,31H,1H3. The van der Waals surface area contributed by atoms with Gasteiger partial charge in [0, 0.05) is 27.6 Å². The van der Waals surface area contributed by atoms with Crippen LogP contribution in [0.3, 0.4) is 0 Å². The molecule has 0 spiro atoms. The Morgan fingerprint density at radius 3 is 1.87 bits per heavy atom. The quantitative estimate of drug-likeness (QED) is 0.325. The maximum atomic E-state index is 4.93. The first-order valence-corrected chi connectivity index (χ1v) is 10.3. The zero-order valence-electron chi connectivity index (χ0n) is 17.1. The molecule has 2 aliphatic heterocycles. The molecule has 2 N–H and O–H groups in total. The minimum atomic E-state index is 0.923. The van der Waals surface area contributed by atoms with E-state index in [1.807, 2.05) is 18.2 Å². The number of aryl methyl sites for hydroxylation is 1. The van der Waals surface area contributed by atoms with Crippen molar-refractivity contribution in [3.8, 4) is 11.1 Å². The summed E-state index contributed by atoms with van der Waals surface area (Å²) in [5, 5.41) is 0.